The molecule has 0 heterocycles. The second kappa shape index (κ2) is 8.91. The molecule has 0 radical (unpaired) electrons. The zero-order valence-electron chi connectivity index (χ0n) is 14.8. The summed E-state index contributed by atoms with van der Waals surface area (Å²) >= 11 is 0. The predicted molar refractivity (Wildman–Crippen MR) is 98.6 cm³/mol. The minimum absolute atomic E-state index is 0.208. The van der Waals surface area contributed by atoms with E-state index < -0.39 is 10.8 Å². The first-order chi connectivity index (χ1) is 10.7. The van der Waals surface area contributed by atoms with Gasteiger partial charge in [0.25, 0.3) is 0 Å². The molecule has 0 saturated carbocycles. The van der Waals surface area contributed by atoms with Crippen LogP contribution in [-0.4, -0.2) is 47.9 Å². The van der Waals surface area contributed by atoms with E-state index in [1.807, 2.05) is 34.9 Å². The van der Waals surface area contributed by atoms with Crippen LogP contribution in [0.15, 0.2) is 24.3 Å². The lowest BCUT2D eigenvalue weighted by atomic mass is 10.1. The minimum atomic E-state index is -0.942. The number of carbonyl (C=O) groups is 1. The Hall–Kier alpha value is -1.56. The largest absolute Gasteiger partial charge is 0.378 e. The monoisotopic (exact) mass is 339 g/mol. The number of nitrogens with one attached hydrogen (secondary N) is 2. The summed E-state index contributed by atoms with van der Waals surface area (Å²) in [7, 11) is 3.07. The van der Waals surface area contributed by atoms with E-state index in [1.54, 1.807) is 0 Å². The van der Waals surface area contributed by atoms with Crippen LogP contribution >= 0.6 is 0 Å². The Balaban J connectivity index is 2.22. The maximum atomic E-state index is 11.9. The number of anilines is 1. The fourth-order valence-electron chi connectivity index (χ4n) is 1.91. The highest BCUT2D eigenvalue weighted by Crippen LogP contribution is 2.12. The average Bonchev–Trinajstić information content (AvgIpc) is 2.46. The predicted octanol–water partition coefficient (Wildman–Crippen LogP) is 2.14. The van der Waals surface area contributed by atoms with Crippen molar-refractivity contribution in [3.05, 3.63) is 29.8 Å². The van der Waals surface area contributed by atoms with Crippen molar-refractivity contribution in [3.8, 4) is 0 Å². The Morgan fingerprint density at radius 2 is 1.65 bits per heavy atom. The number of amides is 2. The first-order valence-electron chi connectivity index (χ1n) is 7.86. The lowest BCUT2D eigenvalue weighted by Gasteiger charge is -2.17. The molecular weight excluding hydrogens is 310 g/mol. The van der Waals surface area contributed by atoms with Crippen molar-refractivity contribution in [1.29, 1.82) is 0 Å². The topological polar surface area (TPSA) is 61.4 Å². The summed E-state index contributed by atoms with van der Waals surface area (Å²) in [4.78, 5) is 13.7. The Bertz CT molecular complexity index is 522. The van der Waals surface area contributed by atoms with Crippen LogP contribution in [0.5, 0.6) is 0 Å². The highest BCUT2D eigenvalue weighted by Gasteiger charge is 2.18. The molecule has 0 aliphatic carbocycles. The molecule has 5 nitrogen and oxygen atoms in total. The molecule has 0 aliphatic rings. The fourth-order valence-corrected chi connectivity index (χ4v) is 2.81. The van der Waals surface area contributed by atoms with Crippen LogP contribution in [0.4, 0.5) is 10.5 Å². The third-order valence-corrected chi connectivity index (χ3v) is 5.35. The first-order valence-corrected chi connectivity index (χ1v) is 9.18. The summed E-state index contributed by atoms with van der Waals surface area (Å²) in [6.07, 6.45) is 0.787. The van der Waals surface area contributed by atoms with E-state index in [1.165, 1.54) is 5.56 Å². The van der Waals surface area contributed by atoms with Crippen LogP contribution in [0.3, 0.4) is 0 Å². The molecule has 0 bridgehead atoms. The van der Waals surface area contributed by atoms with Crippen LogP contribution in [0, 0.1) is 0 Å². The fraction of sp³-hybridized carbons (Fsp3) is 0.588. The summed E-state index contributed by atoms with van der Waals surface area (Å²) in [5, 5.41) is 5.57. The number of benzene rings is 1. The Morgan fingerprint density at radius 1 is 1.09 bits per heavy atom. The van der Waals surface area contributed by atoms with Crippen LogP contribution in [-0.2, 0) is 17.2 Å². The van der Waals surface area contributed by atoms with Crippen LogP contribution in [0.25, 0.3) is 0 Å². The van der Waals surface area contributed by atoms with Gasteiger partial charge in [0.2, 0.25) is 0 Å². The molecule has 0 fully saturated rings. The normalized spacial score (nSPS) is 12.6. The van der Waals surface area contributed by atoms with Gasteiger partial charge in [-0.15, -0.1) is 0 Å². The van der Waals surface area contributed by atoms with Crippen molar-refractivity contribution in [2.75, 3.05) is 37.8 Å². The zero-order valence-corrected chi connectivity index (χ0v) is 15.6. The maximum absolute atomic E-state index is 11.9. The molecule has 23 heavy (non-hydrogen) atoms. The van der Waals surface area contributed by atoms with Gasteiger partial charge in [0.15, 0.2) is 0 Å². The molecule has 0 aromatic heterocycles. The van der Waals surface area contributed by atoms with E-state index in [2.05, 4.69) is 39.8 Å². The SMILES string of the molecule is CN(C)c1ccc(CCNC(=O)NCC[S@@](=O)C(C)(C)C)cc1. The molecular formula is C17H29N3O2S. The molecule has 130 valence electrons. The maximum Gasteiger partial charge on any atom is 0.314 e. The van der Waals surface area contributed by atoms with Gasteiger partial charge in [0.05, 0.1) is 0 Å². The molecule has 1 rings (SSSR count). The Labute approximate surface area is 142 Å². The molecule has 2 amide bonds. The van der Waals surface area contributed by atoms with E-state index >= 15 is 0 Å². The van der Waals surface area contributed by atoms with Crippen molar-refractivity contribution in [2.45, 2.75) is 31.9 Å². The second-order valence-corrected chi connectivity index (χ2v) is 8.98. The van der Waals surface area contributed by atoms with Crippen molar-refractivity contribution >= 4 is 22.5 Å². The van der Waals surface area contributed by atoms with Gasteiger partial charge in [0, 0.05) is 54.2 Å². The summed E-state index contributed by atoms with van der Waals surface area (Å²) in [5.74, 6) is 0.475. The van der Waals surface area contributed by atoms with Gasteiger partial charge < -0.3 is 15.5 Å². The van der Waals surface area contributed by atoms with E-state index in [0.717, 1.165) is 12.1 Å². The summed E-state index contributed by atoms with van der Waals surface area (Å²) < 4.78 is 11.6. The standard InChI is InChI=1S/C17H29N3O2S/c1-17(2,3)23(22)13-12-19-16(21)18-11-10-14-6-8-15(9-7-14)20(4)5/h6-9H,10-13H2,1-5H3,(H2,18,19,21)/t23-/m1/s1. The van der Waals surface area contributed by atoms with Crippen LogP contribution in [0.2, 0.25) is 0 Å². The zero-order chi connectivity index (χ0) is 17.5. The summed E-state index contributed by atoms with van der Waals surface area (Å²) in [5.41, 5.74) is 2.34. The Kier molecular flexibility index (Phi) is 7.55. The minimum Gasteiger partial charge on any atom is -0.378 e. The molecule has 0 aliphatic heterocycles. The Morgan fingerprint density at radius 3 is 2.17 bits per heavy atom. The highest BCUT2D eigenvalue weighted by atomic mass is 32.2. The summed E-state index contributed by atoms with van der Waals surface area (Å²) in [6, 6.07) is 8.07. The molecule has 6 heteroatoms. The number of nitrogens with zero attached hydrogens (tertiary/aromatic N) is 1. The molecule has 1 aromatic rings. The van der Waals surface area contributed by atoms with Gasteiger partial charge in [-0.3, -0.25) is 4.21 Å². The quantitative estimate of drug-likeness (QED) is 0.800. The van der Waals surface area contributed by atoms with Gasteiger partial charge in [-0.05, 0) is 44.9 Å². The van der Waals surface area contributed by atoms with E-state index in [9.17, 15) is 9.00 Å². The van der Waals surface area contributed by atoms with Gasteiger partial charge in [0.1, 0.15) is 0 Å². The van der Waals surface area contributed by atoms with Crippen molar-refractivity contribution in [2.24, 2.45) is 0 Å². The number of urea groups is 1. The van der Waals surface area contributed by atoms with Crippen molar-refractivity contribution in [1.82, 2.24) is 10.6 Å². The number of rotatable bonds is 7. The molecule has 2 N–H and O–H groups in total. The second-order valence-electron chi connectivity index (χ2n) is 6.66. The van der Waals surface area contributed by atoms with Gasteiger partial charge in [-0.25, -0.2) is 4.79 Å². The summed E-state index contributed by atoms with van der Waals surface area (Å²) in [6.45, 7) is 6.81. The van der Waals surface area contributed by atoms with Gasteiger partial charge >= 0.3 is 6.03 Å². The van der Waals surface area contributed by atoms with Crippen LogP contribution < -0.4 is 15.5 Å². The number of hydrogen-bond donors (Lipinski definition) is 2. The van der Waals surface area contributed by atoms with Crippen molar-refractivity contribution < 1.29 is 9.00 Å². The molecule has 1 atom stereocenters. The molecule has 0 spiro atoms. The van der Waals surface area contributed by atoms with Crippen molar-refractivity contribution in [3.63, 3.8) is 0 Å². The molecule has 0 saturated heterocycles. The van der Waals surface area contributed by atoms with Crippen LogP contribution in [0.1, 0.15) is 26.3 Å². The van der Waals surface area contributed by atoms with Gasteiger partial charge in [-0.1, -0.05) is 12.1 Å². The average molecular weight is 340 g/mol. The van der Waals surface area contributed by atoms with E-state index in [4.69, 9.17) is 0 Å². The lowest BCUT2D eigenvalue weighted by Crippen LogP contribution is -2.39. The molecule has 0 unspecified atom stereocenters. The third kappa shape index (κ3) is 7.50. The van der Waals surface area contributed by atoms with E-state index in [-0.39, 0.29) is 10.8 Å². The smallest absolute Gasteiger partial charge is 0.314 e. The number of hydrogen-bond acceptors (Lipinski definition) is 3. The highest BCUT2D eigenvalue weighted by molar-refractivity contribution is 7.86. The third-order valence-electron chi connectivity index (χ3n) is 3.41. The van der Waals surface area contributed by atoms with E-state index in [0.29, 0.717) is 18.8 Å². The lowest BCUT2D eigenvalue weighted by molar-refractivity contribution is 0.241. The molecule has 1 aromatic carbocycles. The number of carbonyl (C=O) groups excluding carboxylic acids is 1. The van der Waals surface area contributed by atoms with Gasteiger partial charge in [-0.2, -0.15) is 0 Å². The first kappa shape index (κ1) is 19.5.